The average Bonchev–Trinajstić information content (AvgIpc) is 2.88. The van der Waals surface area contributed by atoms with Crippen molar-refractivity contribution in [2.24, 2.45) is 0 Å². The summed E-state index contributed by atoms with van der Waals surface area (Å²) in [5.74, 6) is -1.21. The molecule has 1 fully saturated rings. The van der Waals surface area contributed by atoms with E-state index in [9.17, 15) is 22.4 Å². The molecule has 7 nitrogen and oxygen atoms in total. The maximum atomic E-state index is 14.4. The van der Waals surface area contributed by atoms with E-state index < -0.39 is 21.9 Å². The number of nitrogens with one attached hydrogen (secondary N) is 1. The highest BCUT2D eigenvalue weighted by atomic mass is 35.5. The van der Waals surface area contributed by atoms with Crippen molar-refractivity contribution >= 4 is 50.7 Å². The number of carbonyl (C=O) groups is 2. The Hall–Kier alpha value is -2.36. The summed E-state index contributed by atoms with van der Waals surface area (Å²) in [5.41, 5.74) is 0.568. The third-order valence-electron chi connectivity index (χ3n) is 6.97. The van der Waals surface area contributed by atoms with Gasteiger partial charge in [0.15, 0.2) is 0 Å². The van der Waals surface area contributed by atoms with Gasteiger partial charge in [0.05, 0.1) is 11.9 Å². The fraction of sp³-hybridized carbons (Fsp3) is 0.500. The number of rotatable bonds is 12. The van der Waals surface area contributed by atoms with Gasteiger partial charge in [-0.05, 0) is 55.5 Å². The third kappa shape index (κ3) is 8.82. The Labute approximate surface area is 240 Å². The van der Waals surface area contributed by atoms with Crippen LogP contribution in [0.2, 0.25) is 10.0 Å². The van der Waals surface area contributed by atoms with Crippen LogP contribution >= 0.6 is 23.2 Å². The maximum absolute atomic E-state index is 14.4. The van der Waals surface area contributed by atoms with Crippen LogP contribution in [0.4, 0.5) is 10.1 Å². The summed E-state index contributed by atoms with van der Waals surface area (Å²) < 4.78 is 40.2. The molecule has 2 amide bonds. The molecule has 1 saturated carbocycles. The third-order valence-corrected chi connectivity index (χ3v) is 8.73. The summed E-state index contributed by atoms with van der Waals surface area (Å²) in [6.07, 6.45) is 6.57. The minimum absolute atomic E-state index is 0.0428. The van der Waals surface area contributed by atoms with Crippen LogP contribution in [0.15, 0.2) is 42.5 Å². The lowest BCUT2D eigenvalue weighted by molar-refractivity contribution is -0.141. The molecule has 0 saturated heterocycles. The molecular weight excluding hydrogens is 564 g/mol. The van der Waals surface area contributed by atoms with Crippen molar-refractivity contribution < 1.29 is 22.4 Å². The van der Waals surface area contributed by atoms with Crippen LogP contribution in [0, 0.1) is 5.82 Å². The van der Waals surface area contributed by atoms with Crippen LogP contribution in [0.25, 0.3) is 0 Å². The van der Waals surface area contributed by atoms with Gasteiger partial charge in [-0.15, -0.1) is 0 Å². The number of para-hydroxylation sites is 1. The van der Waals surface area contributed by atoms with E-state index >= 15 is 0 Å². The molecule has 214 valence electrons. The maximum Gasteiger partial charge on any atom is 0.243 e. The summed E-state index contributed by atoms with van der Waals surface area (Å²) in [7, 11) is -3.79. The van der Waals surface area contributed by atoms with E-state index in [1.165, 1.54) is 23.1 Å². The molecule has 0 unspecified atom stereocenters. The quantitative estimate of drug-likeness (QED) is 0.327. The first-order valence-corrected chi connectivity index (χ1v) is 15.9. The van der Waals surface area contributed by atoms with Crippen LogP contribution in [-0.4, -0.2) is 50.0 Å². The van der Waals surface area contributed by atoms with E-state index in [-0.39, 0.29) is 49.5 Å². The molecule has 11 heteroatoms. The minimum Gasteiger partial charge on any atom is -0.352 e. The molecule has 1 aliphatic rings. The smallest absolute Gasteiger partial charge is 0.243 e. The molecule has 1 aliphatic carbocycles. The number of halogens is 3. The molecule has 0 heterocycles. The molecule has 0 spiro atoms. The van der Waals surface area contributed by atoms with Crippen LogP contribution in [-0.2, 0) is 26.2 Å². The highest BCUT2D eigenvalue weighted by Crippen LogP contribution is 2.26. The van der Waals surface area contributed by atoms with Gasteiger partial charge in [0.25, 0.3) is 0 Å². The zero-order chi connectivity index (χ0) is 28.6. The van der Waals surface area contributed by atoms with Gasteiger partial charge in [-0.25, -0.2) is 12.8 Å². The Morgan fingerprint density at radius 1 is 1.10 bits per heavy atom. The van der Waals surface area contributed by atoms with Crippen molar-refractivity contribution in [2.75, 3.05) is 17.1 Å². The van der Waals surface area contributed by atoms with E-state index in [2.05, 4.69) is 5.32 Å². The fourth-order valence-corrected chi connectivity index (χ4v) is 6.37. The normalized spacial score (nSPS) is 15.0. The van der Waals surface area contributed by atoms with Gasteiger partial charge in [-0.1, -0.05) is 67.6 Å². The van der Waals surface area contributed by atoms with Gasteiger partial charge in [0.1, 0.15) is 11.9 Å². The standard InChI is InChI=1S/C28H36Cl2FN3O4S/c1-3-25(28(36)32-22-10-5-4-6-11-22)33(19-20-15-16-21(29)18-23(20)30)27(35)14-9-17-34(39(2,37)38)26-13-8-7-12-24(26)31/h7-8,12-13,15-16,18,22,25H,3-6,9-11,14,17,19H2,1-2H3,(H,32,36)/t25-/m1/s1. The largest absolute Gasteiger partial charge is 0.352 e. The lowest BCUT2D eigenvalue weighted by Gasteiger charge is -2.33. The highest BCUT2D eigenvalue weighted by molar-refractivity contribution is 7.92. The topological polar surface area (TPSA) is 86.8 Å². The summed E-state index contributed by atoms with van der Waals surface area (Å²) in [6.45, 7) is 1.85. The predicted octanol–water partition coefficient (Wildman–Crippen LogP) is 5.94. The van der Waals surface area contributed by atoms with E-state index in [1.807, 2.05) is 6.92 Å². The van der Waals surface area contributed by atoms with Gasteiger partial charge in [-0.2, -0.15) is 0 Å². The second kappa shape index (κ2) is 14.3. The number of nitrogens with zero attached hydrogens (tertiary/aromatic N) is 2. The van der Waals surface area contributed by atoms with Gasteiger partial charge in [0, 0.05) is 35.6 Å². The lowest BCUT2D eigenvalue weighted by atomic mass is 9.95. The van der Waals surface area contributed by atoms with Crippen molar-refractivity contribution in [3.05, 3.63) is 63.9 Å². The second-order valence-electron chi connectivity index (χ2n) is 9.92. The zero-order valence-corrected chi connectivity index (χ0v) is 24.7. The van der Waals surface area contributed by atoms with Crippen molar-refractivity contribution in [2.45, 2.75) is 76.9 Å². The number of hydrogen-bond acceptors (Lipinski definition) is 4. The molecule has 1 N–H and O–H groups in total. The Kier molecular flexibility index (Phi) is 11.4. The number of carbonyl (C=O) groups excluding carboxylic acids is 2. The van der Waals surface area contributed by atoms with Crippen molar-refractivity contribution in [3.63, 3.8) is 0 Å². The van der Waals surface area contributed by atoms with Crippen LogP contribution in [0.1, 0.15) is 63.9 Å². The number of sulfonamides is 1. The average molecular weight is 601 g/mol. The van der Waals surface area contributed by atoms with E-state index in [1.54, 1.807) is 24.3 Å². The van der Waals surface area contributed by atoms with Gasteiger partial charge in [0.2, 0.25) is 21.8 Å². The molecule has 3 rings (SSSR count). The van der Waals surface area contributed by atoms with E-state index in [0.717, 1.165) is 42.7 Å². The molecule has 0 bridgehead atoms. The number of amides is 2. The predicted molar refractivity (Wildman–Crippen MR) is 154 cm³/mol. The number of anilines is 1. The molecule has 0 aliphatic heterocycles. The minimum atomic E-state index is -3.79. The van der Waals surface area contributed by atoms with Crippen LogP contribution in [0.5, 0.6) is 0 Å². The number of benzene rings is 2. The summed E-state index contributed by atoms with van der Waals surface area (Å²) >= 11 is 12.5. The second-order valence-corrected chi connectivity index (χ2v) is 12.7. The van der Waals surface area contributed by atoms with Crippen molar-refractivity contribution in [3.8, 4) is 0 Å². The molecular formula is C28H36Cl2FN3O4S. The van der Waals surface area contributed by atoms with Crippen LogP contribution in [0.3, 0.4) is 0 Å². The Morgan fingerprint density at radius 2 is 1.79 bits per heavy atom. The first-order chi connectivity index (χ1) is 18.5. The van der Waals surface area contributed by atoms with Crippen LogP contribution < -0.4 is 9.62 Å². The monoisotopic (exact) mass is 599 g/mol. The zero-order valence-electron chi connectivity index (χ0n) is 22.3. The Balaban J connectivity index is 1.79. The van der Waals surface area contributed by atoms with Crippen molar-refractivity contribution in [1.82, 2.24) is 10.2 Å². The van der Waals surface area contributed by atoms with Gasteiger partial charge < -0.3 is 10.2 Å². The molecule has 0 aromatic heterocycles. The fourth-order valence-electron chi connectivity index (χ4n) is 4.93. The molecule has 39 heavy (non-hydrogen) atoms. The molecule has 0 radical (unpaired) electrons. The first-order valence-electron chi connectivity index (χ1n) is 13.3. The molecule has 2 aromatic rings. The van der Waals surface area contributed by atoms with Gasteiger partial charge >= 0.3 is 0 Å². The lowest BCUT2D eigenvalue weighted by Crippen LogP contribution is -2.51. The van der Waals surface area contributed by atoms with Crippen molar-refractivity contribution in [1.29, 1.82) is 0 Å². The first kappa shape index (κ1) is 31.2. The summed E-state index contributed by atoms with van der Waals surface area (Å²) in [6, 6.07) is 9.93. The van der Waals surface area contributed by atoms with Gasteiger partial charge in [-0.3, -0.25) is 13.9 Å². The van der Waals surface area contributed by atoms with E-state index in [0.29, 0.717) is 22.0 Å². The summed E-state index contributed by atoms with van der Waals surface area (Å²) in [5, 5.41) is 3.96. The Bertz CT molecular complexity index is 1260. The summed E-state index contributed by atoms with van der Waals surface area (Å²) in [4.78, 5) is 28.5. The number of hydrogen-bond donors (Lipinski definition) is 1. The molecule has 2 aromatic carbocycles. The highest BCUT2D eigenvalue weighted by Gasteiger charge is 2.31. The van der Waals surface area contributed by atoms with E-state index in [4.69, 9.17) is 23.2 Å². The SMILES string of the molecule is CC[C@H](C(=O)NC1CCCCC1)N(Cc1ccc(Cl)cc1Cl)C(=O)CCCN(c1ccccc1F)S(C)(=O)=O. The Morgan fingerprint density at radius 3 is 2.41 bits per heavy atom. The molecule has 1 atom stereocenters.